The highest BCUT2D eigenvalue weighted by molar-refractivity contribution is 6.04. The first-order chi connectivity index (χ1) is 8.99. The van der Waals surface area contributed by atoms with Crippen LogP contribution < -0.4 is 5.32 Å². The van der Waals surface area contributed by atoms with Crippen molar-refractivity contribution in [2.24, 2.45) is 0 Å². The van der Waals surface area contributed by atoms with Gasteiger partial charge >= 0.3 is 5.69 Å². The quantitative estimate of drug-likeness (QED) is 0.655. The molecule has 0 aliphatic rings. The van der Waals surface area contributed by atoms with E-state index in [9.17, 15) is 23.7 Å². The van der Waals surface area contributed by atoms with E-state index >= 15 is 0 Å². The van der Waals surface area contributed by atoms with Gasteiger partial charge in [0, 0.05) is 6.20 Å². The van der Waals surface area contributed by atoms with E-state index < -0.39 is 33.7 Å². The SMILES string of the molecule is O=C(Nc1cn[nH]c1)c1cc(F)cc([N+](=O)[O-])c1F. The Kier molecular flexibility index (Phi) is 3.19. The Morgan fingerprint density at radius 3 is 2.74 bits per heavy atom. The van der Waals surface area contributed by atoms with E-state index in [1.807, 2.05) is 0 Å². The Balaban J connectivity index is 2.39. The Bertz CT molecular complexity index is 642. The normalized spacial score (nSPS) is 10.2. The number of hydrogen-bond donors (Lipinski definition) is 2. The average molecular weight is 268 g/mol. The third-order valence-corrected chi connectivity index (χ3v) is 2.22. The van der Waals surface area contributed by atoms with Gasteiger partial charge in [-0.25, -0.2) is 4.39 Å². The molecule has 0 radical (unpaired) electrons. The van der Waals surface area contributed by atoms with Crippen LogP contribution in [0, 0.1) is 21.7 Å². The van der Waals surface area contributed by atoms with Crippen molar-refractivity contribution in [3.63, 3.8) is 0 Å². The molecular weight excluding hydrogens is 262 g/mol. The Hall–Kier alpha value is -2.84. The number of H-pyrrole nitrogens is 1. The maximum absolute atomic E-state index is 13.7. The van der Waals surface area contributed by atoms with Crippen molar-refractivity contribution in [2.75, 3.05) is 5.32 Å². The molecule has 7 nitrogen and oxygen atoms in total. The third kappa shape index (κ3) is 2.54. The van der Waals surface area contributed by atoms with Gasteiger partial charge in [-0.1, -0.05) is 0 Å². The molecule has 9 heteroatoms. The first kappa shape index (κ1) is 12.6. The van der Waals surface area contributed by atoms with Crippen LogP contribution in [0.25, 0.3) is 0 Å². The van der Waals surface area contributed by atoms with Gasteiger partial charge in [0.1, 0.15) is 5.82 Å². The Morgan fingerprint density at radius 2 is 2.16 bits per heavy atom. The van der Waals surface area contributed by atoms with Crippen LogP contribution in [0.5, 0.6) is 0 Å². The molecule has 0 bridgehead atoms. The van der Waals surface area contributed by atoms with E-state index in [2.05, 4.69) is 15.5 Å². The minimum atomic E-state index is -1.40. The van der Waals surface area contributed by atoms with E-state index in [0.29, 0.717) is 12.1 Å². The van der Waals surface area contributed by atoms with Crippen molar-refractivity contribution in [1.29, 1.82) is 0 Å². The molecule has 2 aromatic rings. The monoisotopic (exact) mass is 268 g/mol. The maximum atomic E-state index is 13.7. The molecule has 0 aliphatic heterocycles. The Labute approximate surface area is 104 Å². The van der Waals surface area contributed by atoms with Gasteiger partial charge in [0.05, 0.1) is 28.4 Å². The van der Waals surface area contributed by atoms with Crippen LogP contribution in [0.15, 0.2) is 24.5 Å². The number of hydrogen-bond acceptors (Lipinski definition) is 4. The average Bonchev–Trinajstić information content (AvgIpc) is 2.84. The molecule has 0 saturated heterocycles. The summed E-state index contributed by atoms with van der Waals surface area (Å²) in [7, 11) is 0. The maximum Gasteiger partial charge on any atom is 0.308 e. The second-order valence-electron chi connectivity index (χ2n) is 3.48. The molecule has 0 unspecified atom stereocenters. The van der Waals surface area contributed by atoms with Gasteiger partial charge < -0.3 is 5.32 Å². The van der Waals surface area contributed by atoms with Gasteiger partial charge in [-0.2, -0.15) is 9.49 Å². The van der Waals surface area contributed by atoms with Crippen molar-refractivity contribution in [3.05, 3.63) is 51.8 Å². The fourth-order valence-corrected chi connectivity index (χ4v) is 1.39. The molecule has 1 amide bonds. The van der Waals surface area contributed by atoms with E-state index in [4.69, 9.17) is 0 Å². The number of nitrogens with one attached hydrogen (secondary N) is 2. The number of nitro benzene ring substituents is 1. The van der Waals surface area contributed by atoms with Crippen molar-refractivity contribution in [1.82, 2.24) is 10.2 Å². The number of rotatable bonds is 3. The third-order valence-electron chi connectivity index (χ3n) is 2.22. The van der Waals surface area contributed by atoms with Gasteiger partial charge in [0.2, 0.25) is 5.82 Å². The summed E-state index contributed by atoms with van der Waals surface area (Å²) in [6, 6.07) is 0.988. The lowest BCUT2D eigenvalue weighted by molar-refractivity contribution is -0.387. The van der Waals surface area contributed by atoms with E-state index in [0.717, 1.165) is 0 Å². The number of nitro groups is 1. The second kappa shape index (κ2) is 4.80. The number of halogens is 2. The zero-order chi connectivity index (χ0) is 14.0. The standard InChI is InChI=1S/C10H6F2N4O3/c11-5-1-7(9(12)8(2-5)16(18)19)10(17)15-6-3-13-14-4-6/h1-4H,(H,13,14)(H,15,17). The highest BCUT2D eigenvalue weighted by atomic mass is 19.1. The van der Waals surface area contributed by atoms with E-state index in [1.54, 1.807) is 0 Å². The second-order valence-corrected chi connectivity index (χ2v) is 3.48. The largest absolute Gasteiger partial charge is 0.319 e. The summed E-state index contributed by atoms with van der Waals surface area (Å²) in [6.45, 7) is 0. The molecule has 2 N–H and O–H groups in total. The summed E-state index contributed by atoms with van der Waals surface area (Å²) in [4.78, 5) is 21.1. The van der Waals surface area contributed by atoms with Crippen LogP contribution in [-0.4, -0.2) is 21.0 Å². The molecule has 0 aliphatic carbocycles. The molecule has 0 spiro atoms. The number of anilines is 1. The van der Waals surface area contributed by atoms with Gasteiger partial charge in [-0.05, 0) is 6.07 Å². The van der Waals surface area contributed by atoms with Crippen molar-refractivity contribution < 1.29 is 18.5 Å². The number of aromatic amines is 1. The molecule has 1 aromatic heterocycles. The zero-order valence-electron chi connectivity index (χ0n) is 9.18. The fraction of sp³-hybridized carbons (Fsp3) is 0. The summed E-state index contributed by atoms with van der Waals surface area (Å²) in [6.07, 6.45) is 2.55. The lowest BCUT2D eigenvalue weighted by Gasteiger charge is -2.04. The molecule has 19 heavy (non-hydrogen) atoms. The topological polar surface area (TPSA) is 101 Å². The van der Waals surface area contributed by atoms with E-state index in [1.165, 1.54) is 12.4 Å². The zero-order valence-corrected chi connectivity index (χ0v) is 9.18. The van der Waals surface area contributed by atoms with Gasteiger partial charge in [-0.3, -0.25) is 20.0 Å². The summed E-state index contributed by atoms with van der Waals surface area (Å²) < 4.78 is 26.8. The van der Waals surface area contributed by atoms with Gasteiger partial charge in [0.15, 0.2) is 0 Å². The van der Waals surface area contributed by atoms with Crippen molar-refractivity contribution in [3.8, 4) is 0 Å². The van der Waals surface area contributed by atoms with Crippen LogP contribution in [0.4, 0.5) is 20.2 Å². The fourth-order valence-electron chi connectivity index (χ4n) is 1.39. The lowest BCUT2D eigenvalue weighted by atomic mass is 10.1. The number of benzene rings is 1. The number of carbonyl (C=O) groups is 1. The molecule has 0 saturated carbocycles. The number of nitrogens with zero attached hydrogens (tertiary/aromatic N) is 2. The lowest BCUT2D eigenvalue weighted by Crippen LogP contribution is -2.14. The predicted molar refractivity (Wildman–Crippen MR) is 59.6 cm³/mol. The minimum Gasteiger partial charge on any atom is -0.319 e. The molecule has 0 fully saturated rings. The van der Waals surface area contributed by atoms with Crippen molar-refractivity contribution in [2.45, 2.75) is 0 Å². The number of carbonyl (C=O) groups excluding carboxylic acids is 1. The predicted octanol–water partition coefficient (Wildman–Crippen LogP) is 1.85. The van der Waals surface area contributed by atoms with Crippen LogP contribution in [-0.2, 0) is 0 Å². The number of amides is 1. The van der Waals surface area contributed by atoms with Gasteiger partial charge in [0.25, 0.3) is 5.91 Å². The molecule has 1 heterocycles. The number of aromatic nitrogens is 2. The van der Waals surface area contributed by atoms with E-state index in [-0.39, 0.29) is 5.69 Å². The smallest absolute Gasteiger partial charge is 0.308 e. The minimum absolute atomic E-state index is 0.219. The summed E-state index contributed by atoms with van der Waals surface area (Å²) >= 11 is 0. The summed E-state index contributed by atoms with van der Waals surface area (Å²) in [5.74, 6) is -3.49. The van der Waals surface area contributed by atoms with Crippen LogP contribution >= 0.6 is 0 Å². The Morgan fingerprint density at radius 1 is 1.42 bits per heavy atom. The first-order valence-electron chi connectivity index (χ1n) is 4.92. The van der Waals surface area contributed by atoms with Crippen LogP contribution in [0.3, 0.4) is 0 Å². The van der Waals surface area contributed by atoms with Crippen molar-refractivity contribution >= 4 is 17.3 Å². The molecular formula is C10H6F2N4O3. The highest BCUT2D eigenvalue weighted by Gasteiger charge is 2.24. The highest BCUT2D eigenvalue weighted by Crippen LogP contribution is 2.23. The van der Waals surface area contributed by atoms with Crippen LogP contribution in [0.2, 0.25) is 0 Å². The van der Waals surface area contributed by atoms with Crippen LogP contribution in [0.1, 0.15) is 10.4 Å². The summed E-state index contributed by atoms with van der Waals surface area (Å²) in [5, 5.41) is 18.7. The molecule has 0 atom stereocenters. The first-order valence-corrected chi connectivity index (χ1v) is 4.92. The summed E-state index contributed by atoms with van der Waals surface area (Å²) in [5.41, 5.74) is -1.64. The van der Waals surface area contributed by atoms with Gasteiger partial charge in [-0.15, -0.1) is 0 Å². The molecule has 1 aromatic carbocycles. The molecule has 2 rings (SSSR count). The molecule has 98 valence electrons.